The Morgan fingerprint density at radius 2 is 0.909 bits per heavy atom. The van der Waals surface area contributed by atoms with Crippen molar-refractivity contribution in [1.29, 1.82) is 0 Å². The van der Waals surface area contributed by atoms with Gasteiger partial charge >= 0.3 is 0 Å². The predicted octanol–water partition coefficient (Wildman–Crippen LogP) is 0.754. The minimum atomic E-state index is -0.589. The van der Waals surface area contributed by atoms with Crippen LogP contribution in [0.3, 0.4) is 0 Å². The fourth-order valence-electron chi connectivity index (χ4n) is 4.28. The number of amides is 7. The largest absolute Gasteiger partial charge is 0.489 e. The van der Waals surface area contributed by atoms with Crippen LogP contribution in [0.4, 0.5) is 0 Å². The van der Waals surface area contributed by atoms with Crippen LogP contribution in [0, 0.1) is 0 Å². The van der Waals surface area contributed by atoms with Gasteiger partial charge in [0.1, 0.15) is 0 Å². The van der Waals surface area contributed by atoms with E-state index in [0.717, 1.165) is 0 Å². The molecule has 20 nitrogen and oxygen atoms in total. The van der Waals surface area contributed by atoms with Crippen molar-refractivity contribution in [3.63, 3.8) is 0 Å². The third-order valence-electron chi connectivity index (χ3n) is 7.21. The molecule has 0 unspecified atom stereocenters. The zero-order chi connectivity index (χ0) is 41.6. The second-order valence-electron chi connectivity index (χ2n) is 13.3. The van der Waals surface area contributed by atoms with Crippen molar-refractivity contribution in [2.45, 2.75) is 85.6 Å². The molecule has 1 aromatic rings. The Morgan fingerprint density at radius 3 is 1.22 bits per heavy atom. The van der Waals surface area contributed by atoms with Crippen LogP contribution in [-0.2, 0) is 28.8 Å². The molecule has 0 saturated carbocycles. The van der Waals surface area contributed by atoms with E-state index in [0.29, 0.717) is 34.5 Å². The number of nitrogens with one attached hydrogen (secondary N) is 4. The Kier molecular flexibility index (Phi) is 21.7. The summed E-state index contributed by atoms with van der Waals surface area (Å²) in [6, 6.07) is 2.98. The van der Waals surface area contributed by atoms with Gasteiger partial charge < -0.3 is 35.5 Å². The molecule has 310 valence electrons. The van der Waals surface area contributed by atoms with E-state index in [1.807, 2.05) is 20.8 Å². The fraction of sp³-hybridized carbons (Fsp3) is 0.629. The van der Waals surface area contributed by atoms with Crippen molar-refractivity contribution in [3.05, 3.63) is 17.7 Å². The number of rotatable bonds is 25. The van der Waals surface area contributed by atoms with Gasteiger partial charge in [-0.2, -0.15) is 0 Å². The normalized spacial score (nSPS) is 10.8. The Labute approximate surface area is 320 Å². The van der Waals surface area contributed by atoms with Crippen LogP contribution in [-0.4, -0.2) is 137 Å². The lowest BCUT2D eigenvalue weighted by Crippen LogP contribution is -2.40. The van der Waals surface area contributed by atoms with Crippen LogP contribution in [0.15, 0.2) is 12.1 Å². The molecule has 0 aliphatic rings. The molecule has 1 aromatic carbocycles. The highest BCUT2D eigenvalue weighted by molar-refractivity contribution is 5.96. The summed E-state index contributed by atoms with van der Waals surface area (Å²) >= 11 is 0. The SMILES string of the molecule is CC(=O)N(O)CCC(=O)NCCCOc1cc(C(=O)NC(C)(C)C)cc(OCCCNC(=O)CCN(O)C(C)=O)c1OCCCNC(=O)CCN(O)C(C)=O. The summed E-state index contributed by atoms with van der Waals surface area (Å²) in [6.07, 6.45) is 0.665. The van der Waals surface area contributed by atoms with E-state index in [1.165, 1.54) is 32.9 Å². The van der Waals surface area contributed by atoms with Crippen molar-refractivity contribution >= 4 is 41.4 Å². The average Bonchev–Trinajstić information content (AvgIpc) is 3.10. The quantitative estimate of drug-likeness (QED) is 0.0411. The maximum atomic E-state index is 13.3. The molecule has 7 amide bonds. The van der Waals surface area contributed by atoms with E-state index < -0.39 is 29.2 Å². The number of ether oxygens (including phenoxy) is 3. The van der Waals surface area contributed by atoms with Crippen LogP contribution in [0.1, 0.15) is 90.4 Å². The topological polar surface area (TPSA) is 266 Å². The summed E-state index contributed by atoms with van der Waals surface area (Å²) < 4.78 is 18.2. The number of hydrogen-bond acceptors (Lipinski definition) is 13. The Hall–Kier alpha value is -5.21. The molecular formula is C35H57N7O13. The molecule has 0 aliphatic carbocycles. The number of hydroxylamine groups is 6. The maximum absolute atomic E-state index is 13.3. The van der Waals surface area contributed by atoms with Gasteiger partial charge in [0.15, 0.2) is 11.5 Å². The summed E-state index contributed by atoms with van der Waals surface area (Å²) in [5.74, 6) is -2.88. The van der Waals surface area contributed by atoms with Crippen LogP contribution in [0.2, 0.25) is 0 Å². The Bertz CT molecular complexity index is 1380. The minimum absolute atomic E-state index is 0.0660. The summed E-state index contributed by atoms with van der Waals surface area (Å²) in [6.45, 7) is 9.27. The molecule has 1 rings (SSSR count). The van der Waals surface area contributed by atoms with Gasteiger partial charge in [0.25, 0.3) is 5.91 Å². The van der Waals surface area contributed by atoms with E-state index in [-0.39, 0.29) is 119 Å². The smallest absolute Gasteiger partial charge is 0.251 e. The molecule has 0 atom stereocenters. The van der Waals surface area contributed by atoms with Crippen molar-refractivity contribution in [2.24, 2.45) is 0 Å². The number of carbonyl (C=O) groups excluding carboxylic acids is 7. The van der Waals surface area contributed by atoms with E-state index in [2.05, 4.69) is 21.3 Å². The third-order valence-corrected chi connectivity index (χ3v) is 7.21. The zero-order valence-electron chi connectivity index (χ0n) is 32.5. The summed E-state index contributed by atoms with van der Waals surface area (Å²) in [4.78, 5) is 83.1. The molecule has 0 radical (unpaired) electrons. The first-order valence-corrected chi connectivity index (χ1v) is 17.9. The molecule has 0 fully saturated rings. The van der Waals surface area contributed by atoms with Crippen molar-refractivity contribution in [1.82, 2.24) is 36.5 Å². The van der Waals surface area contributed by atoms with Gasteiger partial charge in [0.05, 0.1) is 39.5 Å². The molecule has 0 spiro atoms. The van der Waals surface area contributed by atoms with E-state index in [4.69, 9.17) is 14.2 Å². The number of nitrogens with zero attached hydrogens (tertiary/aromatic N) is 3. The van der Waals surface area contributed by atoms with Crippen molar-refractivity contribution in [2.75, 3.05) is 59.1 Å². The highest BCUT2D eigenvalue weighted by Crippen LogP contribution is 2.39. The number of benzene rings is 1. The molecule has 0 saturated heterocycles. The van der Waals surface area contributed by atoms with Crippen LogP contribution >= 0.6 is 0 Å². The molecule has 0 heterocycles. The van der Waals surface area contributed by atoms with Crippen molar-refractivity contribution in [3.8, 4) is 17.2 Å². The molecule has 7 N–H and O–H groups in total. The third kappa shape index (κ3) is 21.3. The van der Waals surface area contributed by atoms with Gasteiger partial charge in [0.2, 0.25) is 41.2 Å². The van der Waals surface area contributed by atoms with E-state index in [9.17, 15) is 49.2 Å². The fourth-order valence-corrected chi connectivity index (χ4v) is 4.28. The second-order valence-corrected chi connectivity index (χ2v) is 13.3. The van der Waals surface area contributed by atoms with Gasteiger partial charge in [-0.05, 0) is 52.2 Å². The lowest BCUT2D eigenvalue weighted by molar-refractivity contribution is -0.163. The Morgan fingerprint density at radius 1 is 0.582 bits per heavy atom. The molecule has 0 bridgehead atoms. The number of hydrogen-bond donors (Lipinski definition) is 7. The molecule has 0 aromatic heterocycles. The van der Waals surface area contributed by atoms with Crippen molar-refractivity contribution < 1.29 is 63.4 Å². The molecular weight excluding hydrogens is 726 g/mol. The first-order valence-electron chi connectivity index (χ1n) is 17.9. The lowest BCUT2D eigenvalue weighted by atomic mass is 10.1. The molecule has 55 heavy (non-hydrogen) atoms. The highest BCUT2D eigenvalue weighted by atomic mass is 16.5. The summed E-state index contributed by atoms with van der Waals surface area (Å²) in [5, 5.41) is 40.7. The van der Waals surface area contributed by atoms with Crippen LogP contribution in [0.5, 0.6) is 17.2 Å². The molecule has 20 heteroatoms. The monoisotopic (exact) mass is 783 g/mol. The summed E-state index contributed by atoms with van der Waals surface area (Å²) in [5.41, 5.74) is -0.381. The van der Waals surface area contributed by atoms with Gasteiger partial charge in [-0.15, -0.1) is 0 Å². The van der Waals surface area contributed by atoms with Gasteiger partial charge in [0, 0.05) is 70.8 Å². The molecule has 0 aliphatic heterocycles. The zero-order valence-corrected chi connectivity index (χ0v) is 32.5. The lowest BCUT2D eigenvalue weighted by Gasteiger charge is -2.22. The maximum Gasteiger partial charge on any atom is 0.251 e. The van der Waals surface area contributed by atoms with Crippen LogP contribution in [0.25, 0.3) is 0 Å². The summed E-state index contributed by atoms with van der Waals surface area (Å²) in [7, 11) is 0. The minimum Gasteiger partial charge on any atom is -0.489 e. The standard InChI is InChI=1S/C35H57N7O13/c1-24(43)40(50)16-10-30(46)36-13-7-19-53-28-22-27(34(49)39-35(4,5)6)23-29(54-20-8-14-37-31(47)11-17-41(51)25(2)44)33(28)55-21-9-15-38-32(48)12-18-42(52)26(3)45/h22-23,50-52H,7-21H2,1-6H3,(H,36,46)(H,37,47)(H,38,48)(H,39,49). The first kappa shape index (κ1) is 47.8. The van der Waals surface area contributed by atoms with E-state index >= 15 is 0 Å². The predicted molar refractivity (Wildman–Crippen MR) is 194 cm³/mol. The Balaban J connectivity index is 3.08. The second kappa shape index (κ2) is 25.0. The van der Waals surface area contributed by atoms with Gasteiger partial charge in [-0.25, -0.2) is 15.2 Å². The van der Waals surface area contributed by atoms with Gasteiger partial charge in [-0.1, -0.05) is 0 Å². The first-order chi connectivity index (χ1) is 25.8. The van der Waals surface area contributed by atoms with Crippen LogP contribution < -0.4 is 35.5 Å². The highest BCUT2D eigenvalue weighted by Gasteiger charge is 2.22. The van der Waals surface area contributed by atoms with Gasteiger partial charge in [-0.3, -0.25) is 49.2 Å². The number of carbonyl (C=O) groups is 7. The van der Waals surface area contributed by atoms with E-state index in [1.54, 1.807) is 0 Å². The average molecular weight is 784 g/mol.